The van der Waals surface area contributed by atoms with Gasteiger partial charge in [0.1, 0.15) is 11.6 Å². The first-order chi connectivity index (χ1) is 14.4. The Balaban J connectivity index is 1.40. The van der Waals surface area contributed by atoms with E-state index in [2.05, 4.69) is 33.3 Å². The van der Waals surface area contributed by atoms with Crippen molar-refractivity contribution in [2.75, 3.05) is 18.0 Å². The molecule has 1 aliphatic heterocycles. The first kappa shape index (κ1) is 20.2. The number of nitrogens with zero attached hydrogens (tertiary/aromatic N) is 4. The van der Waals surface area contributed by atoms with Crippen LogP contribution in [-0.2, 0) is 6.54 Å². The molecule has 1 saturated heterocycles. The predicted octanol–water partition coefficient (Wildman–Crippen LogP) is 3.95. The molecule has 0 radical (unpaired) electrons. The van der Waals surface area contributed by atoms with Crippen molar-refractivity contribution in [1.29, 1.82) is 0 Å². The zero-order valence-electron chi connectivity index (χ0n) is 18.1. The summed E-state index contributed by atoms with van der Waals surface area (Å²) in [4.78, 5) is 19.7. The summed E-state index contributed by atoms with van der Waals surface area (Å²) in [5.41, 5.74) is 3.40. The van der Waals surface area contributed by atoms with E-state index in [1.807, 2.05) is 49.7 Å². The van der Waals surface area contributed by atoms with Crippen molar-refractivity contribution in [3.63, 3.8) is 0 Å². The number of aryl methyl sites for hydroxylation is 2. The van der Waals surface area contributed by atoms with Gasteiger partial charge in [0.05, 0.1) is 5.56 Å². The van der Waals surface area contributed by atoms with Crippen LogP contribution in [0.5, 0.6) is 0 Å². The summed E-state index contributed by atoms with van der Waals surface area (Å²) in [5.74, 6) is 3.13. The Bertz CT molecular complexity index is 1030. The van der Waals surface area contributed by atoms with Gasteiger partial charge in [-0.25, -0.2) is 4.98 Å². The standard InChI is InChI=1S/C23H29N5O2/c1-15-7-9-27(10-8-15)21-6-5-19(13-24-21)14-25-23(29)20-11-16(2)28(18(20)4)22-12-17(3)30-26-22/h5-6,11-13,15H,7-10,14H2,1-4H3,(H,25,29). The van der Waals surface area contributed by atoms with Crippen LogP contribution in [0.4, 0.5) is 5.82 Å². The molecule has 0 aromatic carbocycles. The second kappa shape index (κ2) is 8.34. The Kier molecular flexibility index (Phi) is 5.61. The Morgan fingerprint density at radius 3 is 2.57 bits per heavy atom. The molecule has 0 aliphatic carbocycles. The van der Waals surface area contributed by atoms with Gasteiger partial charge in [-0.1, -0.05) is 18.1 Å². The van der Waals surface area contributed by atoms with Gasteiger partial charge in [0.25, 0.3) is 5.91 Å². The maximum Gasteiger partial charge on any atom is 0.253 e. The van der Waals surface area contributed by atoms with Gasteiger partial charge in [0.15, 0.2) is 5.82 Å². The molecule has 1 amide bonds. The fourth-order valence-electron chi connectivity index (χ4n) is 4.03. The molecule has 7 nitrogen and oxygen atoms in total. The third-order valence-electron chi connectivity index (χ3n) is 5.89. The van der Waals surface area contributed by atoms with Gasteiger partial charge in [-0.05, 0) is 57.2 Å². The van der Waals surface area contributed by atoms with E-state index in [1.165, 1.54) is 12.8 Å². The molecule has 1 N–H and O–H groups in total. The van der Waals surface area contributed by atoms with Gasteiger partial charge in [-0.15, -0.1) is 0 Å². The number of carbonyl (C=O) groups is 1. The van der Waals surface area contributed by atoms with E-state index in [1.54, 1.807) is 0 Å². The monoisotopic (exact) mass is 407 g/mol. The molecule has 3 aromatic rings. The highest BCUT2D eigenvalue weighted by atomic mass is 16.5. The summed E-state index contributed by atoms with van der Waals surface area (Å²) in [7, 11) is 0. The average molecular weight is 408 g/mol. The maximum absolute atomic E-state index is 12.8. The van der Waals surface area contributed by atoms with Crippen LogP contribution in [0.3, 0.4) is 0 Å². The van der Waals surface area contributed by atoms with Gasteiger partial charge < -0.3 is 14.7 Å². The second-order valence-corrected chi connectivity index (χ2v) is 8.29. The zero-order valence-corrected chi connectivity index (χ0v) is 18.1. The average Bonchev–Trinajstić information content (AvgIpc) is 3.29. The van der Waals surface area contributed by atoms with Crippen LogP contribution < -0.4 is 10.2 Å². The van der Waals surface area contributed by atoms with E-state index in [0.717, 1.165) is 47.5 Å². The van der Waals surface area contributed by atoms with Gasteiger partial charge in [0, 0.05) is 43.3 Å². The second-order valence-electron chi connectivity index (χ2n) is 8.29. The minimum Gasteiger partial charge on any atom is -0.360 e. The third kappa shape index (κ3) is 4.10. The van der Waals surface area contributed by atoms with E-state index < -0.39 is 0 Å². The van der Waals surface area contributed by atoms with Crippen LogP contribution in [0, 0.1) is 26.7 Å². The molecule has 158 valence electrons. The summed E-state index contributed by atoms with van der Waals surface area (Å²) in [6.07, 6.45) is 4.28. The van der Waals surface area contributed by atoms with Gasteiger partial charge in [-0.3, -0.25) is 9.36 Å². The lowest BCUT2D eigenvalue weighted by molar-refractivity contribution is 0.0950. The first-order valence-corrected chi connectivity index (χ1v) is 10.5. The number of piperidine rings is 1. The maximum atomic E-state index is 12.8. The summed E-state index contributed by atoms with van der Waals surface area (Å²) < 4.78 is 7.11. The number of hydrogen-bond acceptors (Lipinski definition) is 5. The first-order valence-electron chi connectivity index (χ1n) is 10.5. The zero-order chi connectivity index (χ0) is 21.3. The van der Waals surface area contributed by atoms with Crippen LogP contribution in [0.25, 0.3) is 5.82 Å². The number of pyridine rings is 1. The molecule has 0 spiro atoms. The third-order valence-corrected chi connectivity index (χ3v) is 5.89. The lowest BCUT2D eigenvalue weighted by atomic mass is 9.99. The Labute approximate surface area is 177 Å². The van der Waals surface area contributed by atoms with E-state index in [-0.39, 0.29) is 5.91 Å². The highest BCUT2D eigenvalue weighted by Crippen LogP contribution is 2.22. The van der Waals surface area contributed by atoms with E-state index in [9.17, 15) is 4.79 Å². The summed E-state index contributed by atoms with van der Waals surface area (Å²) in [6.45, 7) is 10.6. The number of carbonyl (C=O) groups excluding carboxylic acids is 1. The molecule has 1 fully saturated rings. The summed E-state index contributed by atoms with van der Waals surface area (Å²) in [5, 5.41) is 7.08. The predicted molar refractivity (Wildman–Crippen MR) is 116 cm³/mol. The molecular weight excluding hydrogens is 378 g/mol. The molecule has 7 heteroatoms. The van der Waals surface area contributed by atoms with E-state index in [4.69, 9.17) is 4.52 Å². The van der Waals surface area contributed by atoms with Crippen molar-refractivity contribution in [3.8, 4) is 5.82 Å². The fourth-order valence-corrected chi connectivity index (χ4v) is 4.03. The van der Waals surface area contributed by atoms with Crippen LogP contribution in [-0.4, -0.2) is 33.7 Å². The van der Waals surface area contributed by atoms with Gasteiger partial charge >= 0.3 is 0 Å². The van der Waals surface area contributed by atoms with Crippen LogP contribution in [0.2, 0.25) is 0 Å². The minimum absolute atomic E-state index is 0.108. The smallest absolute Gasteiger partial charge is 0.253 e. The van der Waals surface area contributed by atoms with Crippen molar-refractivity contribution < 1.29 is 9.32 Å². The molecule has 0 saturated carbocycles. The molecule has 30 heavy (non-hydrogen) atoms. The van der Waals surface area contributed by atoms with E-state index >= 15 is 0 Å². The Hall–Kier alpha value is -3.09. The van der Waals surface area contributed by atoms with Crippen molar-refractivity contribution in [3.05, 3.63) is 58.7 Å². The van der Waals surface area contributed by atoms with Crippen LogP contribution >= 0.6 is 0 Å². The number of anilines is 1. The number of aromatic nitrogens is 3. The van der Waals surface area contributed by atoms with Crippen molar-refractivity contribution in [2.45, 2.75) is 47.1 Å². The lowest BCUT2D eigenvalue weighted by Crippen LogP contribution is -2.33. The molecule has 3 aromatic heterocycles. The van der Waals surface area contributed by atoms with Gasteiger partial charge in [0.2, 0.25) is 0 Å². The van der Waals surface area contributed by atoms with E-state index in [0.29, 0.717) is 17.9 Å². The summed E-state index contributed by atoms with van der Waals surface area (Å²) >= 11 is 0. The molecule has 1 aliphatic rings. The van der Waals surface area contributed by atoms with Crippen molar-refractivity contribution in [2.24, 2.45) is 5.92 Å². The highest BCUT2D eigenvalue weighted by Gasteiger charge is 2.19. The lowest BCUT2D eigenvalue weighted by Gasteiger charge is -2.31. The number of rotatable bonds is 5. The van der Waals surface area contributed by atoms with Gasteiger partial charge in [-0.2, -0.15) is 0 Å². The topological polar surface area (TPSA) is 76.2 Å². The molecule has 0 atom stereocenters. The molecular formula is C23H29N5O2. The van der Waals surface area contributed by atoms with Crippen molar-refractivity contribution >= 4 is 11.7 Å². The highest BCUT2D eigenvalue weighted by molar-refractivity contribution is 5.95. The van der Waals surface area contributed by atoms with Crippen molar-refractivity contribution in [1.82, 2.24) is 20.0 Å². The van der Waals surface area contributed by atoms with Crippen LogP contribution in [0.1, 0.15) is 52.8 Å². The summed E-state index contributed by atoms with van der Waals surface area (Å²) in [6, 6.07) is 7.84. The molecule has 0 bridgehead atoms. The molecule has 4 rings (SSSR count). The molecule has 4 heterocycles. The Morgan fingerprint density at radius 1 is 1.17 bits per heavy atom. The fraction of sp³-hybridized carbons (Fsp3) is 0.435. The number of hydrogen-bond donors (Lipinski definition) is 1. The Morgan fingerprint density at radius 2 is 1.93 bits per heavy atom. The SMILES string of the molecule is Cc1cc(-n2c(C)cc(C(=O)NCc3ccc(N4CCC(C)CC4)nc3)c2C)no1. The number of amides is 1. The number of nitrogens with one attached hydrogen (secondary N) is 1. The minimum atomic E-state index is -0.108. The normalized spacial score (nSPS) is 14.9. The van der Waals surface area contributed by atoms with Crippen LogP contribution in [0.15, 0.2) is 35.0 Å². The molecule has 0 unspecified atom stereocenters. The largest absolute Gasteiger partial charge is 0.360 e. The quantitative estimate of drug-likeness (QED) is 0.693.